The molecule has 1 aromatic rings. The third kappa shape index (κ3) is 3.76. The molecule has 0 aromatic heterocycles. The molecular formula is C10H13ClF2Si. The first-order chi connectivity index (χ1) is 6.53. The van der Waals surface area contributed by atoms with Gasteiger partial charge >= 0.3 is 8.74 Å². The molecule has 0 aliphatic rings. The zero-order valence-corrected chi connectivity index (χ0v) is 9.82. The van der Waals surface area contributed by atoms with Crippen LogP contribution < -0.4 is 0 Å². The maximum absolute atomic E-state index is 12.7. The molecule has 0 aliphatic carbocycles. The van der Waals surface area contributed by atoms with E-state index in [0.29, 0.717) is 12.3 Å². The number of alkyl halides is 1. The third-order valence-corrected chi connectivity index (χ3v) is 3.51. The minimum absolute atomic E-state index is 0.0148. The van der Waals surface area contributed by atoms with E-state index in [4.69, 9.17) is 11.6 Å². The fraction of sp³-hybridized carbons (Fsp3) is 0.400. The summed E-state index contributed by atoms with van der Waals surface area (Å²) in [5, 5.41) is 0. The molecule has 0 nitrogen and oxygen atoms in total. The lowest BCUT2D eigenvalue weighted by Crippen LogP contribution is -2.17. The quantitative estimate of drug-likeness (QED) is 0.420. The lowest BCUT2D eigenvalue weighted by Gasteiger charge is -2.09. The summed E-state index contributed by atoms with van der Waals surface area (Å²) in [5.41, 5.74) is 1.92. The van der Waals surface area contributed by atoms with Gasteiger partial charge in [-0.25, -0.2) is 0 Å². The molecule has 0 heterocycles. The maximum atomic E-state index is 12.7. The molecule has 0 unspecified atom stereocenters. The normalized spacial score (nSPS) is 11.7. The summed E-state index contributed by atoms with van der Waals surface area (Å²) in [5.74, 6) is 0.396. The van der Waals surface area contributed by atoms with Crippen molar-refractivity contribution in [3.8, 4) is 0 Å². The number of halogens is 3. The largest absolute Gasteiger partial charge is 0.422 e. The molecule has 0 atom stereocenters. The van der Waals surface area contributed by atoms with Crippen LogP contribution in [-0.4, -0.2) is 8.74 Å². The molecule has 78 valence electrons. The molecule has 0 fully saturated rings. The first kappa shape index (κ1) is 11.7. The highest BCUT2D eigenvalue weighted by molar-refractivity contribution is 6.64. The molecule has 0 radical (unpaired) electrons. The number of benzene rings is 1. The number of hydrogen-bond acceptors (Lipinski definition) is 0. The first-order valence-electron chi connectivity index (χ1n) is 4.53. The monoisotopic (exact) mass is 234 g/mol. The van der Waals surface area contributed by atoms with Crippen LogP contribution in [0.2, 0.25) is 12.6 Å². The Morgan fingerprint density at radius 3 is 2.29 bits per heavy atom. The lowest BCUT2D eigenvalue weighted by molar-refractivity contribution is 0.604. The Bertz CT molecular complexity index is 296. The summed E-state index contributed by atoms with van der Waals surface area (Å²) in [7, 11) is -3.92. The molecule has 0 bridgehead atoms. The van der Waals surface area contributed by atoms with Crippen molar-refractivity contribution < 1.29 is 8.22 Å². The van der Waals surface area contributed by atoms with Gasteiger partial charge in [-0.1, -0.05) is 24.3 Å². The van der Waals surface area contributed by atoms with Crippen LogP contribution in [0.5, 0.6) is 0 Å². The molecule has 1 aromatic carbocycles. The van der Waals surface area contributed by atoms with E-state index in [-0.39, 0.29) is 6.04 Å². The molecular weight excluding hydrogens is 222 g/mol. The Hall–Kier alpha value is -0.413. The summed E-state index contributed by atoms with van der Waals surface area (Å²) < 4.78 is 25.5. The van der Waals surface area contributed by atoms with E-state index < -0.39 is 8.74 Å². The molecule has 0 spiro atoms. The smallest absolute Gasteiger partial charge is 0.271 e. The van der Waals surface area contributed by atoms with Crippen LogP contribution in [0, 0.1) is 0 Å². The van der Waals surface area contributed by atoms with Gasteiger partial charge in [0.25, 0.3) is 0 Å². The van der Waals surface area contributed by atoms with E-state index in [2.05, 4.69) is 0 Å². The fourth-order valence-electron chi connectivity index (χ4n) is 1.29. The van der Waals surface area contributed by atoms with Crippen molar-refractivity contribution in [3.63, 3.8) is 0 Å². The molecule has 0 aliphatic heterocycles. The number of rotatable bonds is 4. The second-order valence-corrected chi connectivity index (χ2v) is 6.38. The van der Waals surface area contributed by atoms with Gasteiger partial charge in [0.2, 0.25) is 0 Å². The van der Waals surface area contributed by atoms with Crippen LogP contribution in [0.15, 0.2) is 24.3 Å². The topological polar surface area (TPSA) is 0 Å². The zero-order chi connectivity index (χ0) is 10.6. The Morgan fingerprint density at radius 1 is 1.21 bits per heavy atom. The standard InChI is InChI=1S/C10H13ClF2Si/c1-14(12,13)7-6-9-4-2-3-5-10(9)8-11/h2-5H,6-8H2,1H3. The van der Waals surface area contributed by atoms with Crippen LogP contribution in [0.3, 0.4) is 0 Å². The van der Waals surface area contributed by atoms with Crippen molar-refractivity contribution in [3.05, 3.63) is 35.4 Å². The summed E-state index contributed by atoms with van der Waals surface area (Å²) in [6, 6.07) is 7.51. The van der Waals surface area contributed by atoms with Gasteiger partial charge in [0.1, 0.15) is 0 Å². The second kappa shape index (κ2) is 4.89. The average molecular weight is 235 g/mol. The Kier molecular flexibility index (Phi) is 4.07. The SMILES string of the molecule is C[Si](F)(F)CCc1ccccc1CCl. The van der Waals surface area contributed by atoms with E-state index in [1.165, 1.54) is 0 Å². The van der Waals surface area contributed by atoms with Crippen molar-refractivity contribution in [2.75, 3.05) is 0 Å². The van der Waals surface area contributed by atoms with Gasteiger partial charge in [0.15, 0.2) is 0 Å². The summed E-state index contributed by atoms with van der Waals surface area (Å²) in [4.78, 5) is 0. The predicted octanol–water partition coefficient (Wildman–Crippen LogP) is 3.98. The molecule has 4 heteroatoms. The van der Waals surface area contributed by atoms with Gasteiger partial charge in [-0.2, -0.15) is 0 Å². The van der Waals surface area contributed by atoms with Gasteiger partial charge in [0, 0.05) is 11.9 Å². The van der Waals surface area contributed by atoms with Crippen LogP contribution in [0.4, 0.5) is 8.22 Å². The second-order valence-electron chi connectivity index (χ2n) is 3.47. The summed E-state index contributed by atoms with van der Waals surface area (Å²) >= 11 is 5.71. The molecule has 0 saturated carbocycles. The maximum Gasteiger partial charge on any atom is 0.422 e. The van der Waals surface area contributed by atoms with E-state index in [1.54, 1.807) is 0 Å². The van der Waals surface area contributed by atoms with Crippen LogP contribution >= 0.6 is 11.6 Å². The fourth-order valence-corrected chi connectivity index (χ4v) is 2.25. The molecule has 0 N–H and O–H groups in total. The van der Waals surface area contributed by atoms with E-state index in [0.717, 1.165) is 17.7 Å². The van der Waals surface area contributed by atoms with Gasteiger partial charge < -0.3 is 0 Å². The van der Waals surface area contributed by atoms with Crippen LogP contribution in [-0.2, 0) is 12.3 Å². The minimum atomic E-state index is -3.92. The Balaban J connectivity index is 2.67. The summed E-state index contributed by atoms with van der Waals surface area (Å²) in [6.45, 7) is 1.08. The lowest BCUT2D eigenvalue weighted by atomic mass is 10.1. The molecule has 1 rings (SSSR count). The van der Waals surface area contributed by atoms with E-state index in [1.807, 2.05) is 24.3 Å². The van der Waals surface area contributed by atoms with Crippen molar-refractivity contribution >= 4 is 20.3 Å². The zero-order valence-electron chi connectivity index (χ0n) is 8.06. The molecule has 14 heavy (non-hydrogen) atoms. The predicted molar refractivity (Wildman–Crippen MR) is 58.3 cm³/mol. The Labute approximate surface area is 89.3 Å². The number of aryl methyl sites for hydroxylation is 1. The van der Waals surface area contributed by atoms with Crippen molar-refractivity contribution in [1.29, 1.82) is 0 Å². The van der Waals surface area contributed by atoms with Gasteiger partial charge in [-0.3, -0.25) is 8.22 Å². The van der Waals surface area contributed by atoms with Gasteiger partial charge in [-0.15, -0.1) is 11.6 Å². The van der Waals surface area contributed by atoms with Crippen molar-refractivity contribution in [2.45, 2.75) is 24.9 Å². The number of hydrogen-bond donors (Lipinski definition) is 0. The van der Waals surface area contributed by atoms with E-state index >= 15 is 0 Å². The molecule has 0 saturated heterocycles. The highest BCUT2D eigenvalue weighted by atomic mass is 35.5. The van der Waals surface area contributed by atoms with Crippen molar-refractivity contribution in [1.82, 2.24) is 0 Å². The van der Waals surface area contributed by atoms with Crippen LogP contribution in [0.1, 0.15) is 11.1 Å². The van der Waals surface area contributed by atoms with Crippen LogP contribution in [0.25, 0.3) is 0 Å². The first-order valence-corrected chi connectivity index (χ1v) is 7.53. The minimum Gasteiger partial charge on any atom is -0.271 e. The molecule has 0 amide bonds. The highest BCUT2D eigenvalue weighted by Gasteiger charge is 2.27. The highest BCUT2D eigenvalue weighted by Crippen LogP contribution is 2.19. The van der Waals surface area contributed by atoms with Crippen molar-refractivity contribution in [2.24, 2.45) is 0 Å². The average Bonchev–Trinajstić information content (AvgIpc) is 2.14. The third-order valence-electron chi connectivity index (χ3n) is 2.10. The summed E-state index contributed by atoms with van der Waals surface area (Å²) in [6.07, 6.45) is 0.443. The van der Waals surface area contributed by atoms with Gasteiger partial charge in [-0.05, 0) is 24.1 Å². The Morgan fingerprint density at radius 2 is 1.79 bits per heavy atom. The van der Waals surface area contributed by atoms with E-state index in [9.17, 15) is 8.22 Å². The van der Waals surface area contributed by atoms with Gasteiger partial charge in [0.05, 0.1) is 0 Å².